The Bertz CT molecular complexity index is 1270. The highest BCUT2D eigenvalue weighted by molar-refractivity contribution is 6.42. The van der Waals surface area contributed by atoms with Crippen LogP contribution in [0.2, 0.25) is 10.0 Å². The third-order valence-corrected chi connectivity index (χ3v) is 5.95. The van der Waals surface area contributed by atoms with Crippen molar-refractivity contribution in [3.05, 3.63) is 99.3 Å². The summed E-state index contributed by atoms with van der Waals surface area (Å²) in [4.78, 5) is 17.7. The van der Waals surface area contributed by atoms with Gasteiger partial charge in [0.1, 0.15) is 23.5 Å². The summed E-state index contributed by atoms with van der Waals surface area (Å²) in [6.07, 6.45) is 0.389. The minimum absolute atomic E-state index is 0.236. The first kappa shape index (κ1) is 22.2. The van der Waals surface area contributed by atoms with Crippen molar-refractivity contribution in [2.24, 2.45) is 0 Å². The molecule has 164 valence electrons. The number of hydrogen-bond donors (Lipinski definition) is 1. The van der Waals surface area contributed by atoms with E-state index in [-0.39, 0.29) is 24.1 Å². The van der Waals surface area contributed by atoms with Crippen molar-refractivity contribution in [3.63, 3.8) is 0 Å². The number of amides is 1. The van der Waals surface area contributed by atoms with Crippen LogP contribution in [0.4, 0.5) is 8.78 Å². The Balaban J connectivity index is 1.66. The van der Waals surface area contributed by atoms with Crippen LogP contribution in [0.5, 0.6) is 0 Å². The van der Waals surface area contributed by atoms with E-state index in [4.69, 9.17) is 23.2 Å². The molecule has 0 spiro atoms. The van der Waals surface area contributed by atoms with Gasteiger partial charge < -0.3 is 9.88 Å². The second-order valence-corrected chi connectivity index (χ2v) is 8.29. The number of nitrogens with one attached hydrogen (secondary N) is 1. The molecule has 4 aromatic rings. The molecule has 1 atom stereocenters. The van der Waals surface area contributed by atoms with Gasteiger partial charge >= 0.3 is 0 Å². The van der Waals surface area contributed by atoms with Crippen molar-refractivity contribution in [1.82, 2.24) is 14.9 Å². The van der Waals surface area contributed by atoms with Gasteiger partial charge in [-0.2, -0.15) is 0 Å². The normalized spacial score (nSPS) is 12.2. The van der Waals surface area contributed by atoms with Gasteiger partial charge in [-0.1, -0.05) is 47.5 Å². The van der Waals surface area contributed by atoms with E-state index in [9.17, 15) is 13.6 Å². The molecule has 0 fully saturated rings. The maximum atomic E-state index is 13.3. The Morgan fingerprint density at radius 3 is 2.16 bits per heavy atom. The number of fused-ring (bicyclic) bond motifs is 1. The van der Waals surface area contributed by atoms with Gasteiger partial charge in [-0.3, -0.25) is 4.79 Å². The van der Waals surface area contributed by atoms with E-state index in [1.807, 2.05) is 0 Å². The fourth-order valence-corrected chi connectivity index (χ4v) is 3.85. The molecule has 1 N–H and O–H groups in total. The molecule has 0 radical (unpaired) electrons. The van der Waals surface area contributed by atoms with Gasteiger partial charge in [-0.25, -0.2) is 13.8 Å². The van der Waals surface area contributed by atoms with Crippen molar-refractivity contribution < 1.29 is 13.6 Å². The van der Waals surface area contributed by atoms with Crippen molar-refractivity contribution in [1.29, 1.82) is 0 Å². The Morgan fingerprint density at radius 2 is 1.53 bits per heavy atom. The van der Waals surface area contributed by atoms with Crippen molar-refractivity contribution in [2.75, 3.05) is 0 Å². The molecule has 1 heterocycles. The highest BCUT2D eigenvalue weighted by Crippen LogP contribution is 2.31. The minimum Gasteiger partial charge on any atom is -0.350 e. The van der Waals surface area contributed by atoms with Gasteiger partial charge in [0.25, 0.3) is 0 Å². The molecule has 1 amide bonds. The lowest BCUT2D eigenvalue weighted by Gasteiger charge is -2.18. The van der Waals surface area contributed by atoms with E-state index in [1.54, 1.807) is 47.9 Å². The molecule has 3 aromatic carbocycles. The summed E-state index contributed by atoms with van der Waals surface area (Å²) in [5, 5.41) is 3.60. The number of benzene rings is 3. The van der Waals surface area contributed by atoms with Gasteiger partial charge in [0.05, 0.1) is 21.1 Å². The first-order valence-electron chi connectivity index (χ1n) is 9.94. The fraction of sp³-hybridized carbons (Fsp3) is 0.167. The Hall–Kier alpha value is -2.96. The van der Waals surface area contributed by atoms with Crippen LogP contribution in [-0.2, 0) is 17.8 Å². The van der Waals surface area contributed by atoms with Crippen LogP contribution in [0, 0.1) is 11.6 Å². The smallest absolute Gasteiger partial charge is 0.243 e. The fourth-order valence-electron chi connectivity index (χ4n) is 3.54. The first-order valence-corrected chi connectivity index (χ1v) is 10.7. The number of carbonyl (C=O) groups is 1. The molecule has 0 unspecified atom stereocenters. The highest BCUT2D eigenvalue weighted by Gasteiger charge is 2.22. The lowest BCUT2D eigenvalue weighted by atomic mass is 10.1. The number of halogens is 4. The third kappa shape index (κ3) is 4.76. The molecular weight excluding hydrogens is 455 g/mol. The zero-order valence-corrected chi connectivity index (χ0v) is 18.6. The summed E-state index contributed by atoms with van der Waals surface area (Å²) < 4.78 is 28.2. The quantitative estimate of drug-likeness (QED) is 0.368. The number of rotatable bonds is 6. The molecule has 0 bridgehead atoms. The highest BCUT2D eigenvalue weighted by atomic mass is 35.5. The first-order chi connectivity index (χ1) is 15.3. The van der Waals surface area contributed by atoms with Crippen molar-refractivity contribution in [2.45, 2.75) is 25.9 Å². The zero-order valence-electron chi connectivity index (χ0n) is 17.1. The molecule has 0 saturated heterocycles. The van der Waals surface area contributed by atoms with Gasteiger partial charge in [0.2, 0.25) is 5.91 Å². The Morgan fingerprint density at radius 1 is 0.969 bits per heavy atom. The maximum absolute atomic E-state index is 13.3. The molecule has 4 nitrogen and oxygen atoms in total. The lowest BCUT2D eigenvalue weighted by molar-refractivity contribution is -0.124. The van der Waals surface area contributed by atoms with Crippen LogP contribution in [0.1, 0.15) is 29.9 Å². The molecule has 32 heavy (non-hydrogen) atoms. The second kappa shape index (κ2) is 9.27. The number of nitrogens with zero attached hydrogens (tertiary/aromatic N) is 2. The van der Waals surface area contributed by atoms with Gasteiger partial charge in [0.15, 0.2) is 0 Å². The van der Waals surface area contributed by atoms with Crippen LogP contribution >= 0.6 is 23.2 Å². The SMILES string of the molecule is C[C@H](C(=O)NCc1ccc(F)cc1)n1c(Cc2ccc(F)cc2)nc2cc(Cl)c(Cl)cc21. The lowest BCUT2D eigenvalue weighted by Crippen LogP contribution is -2.31. The summed E-state index contributed by atoms with van der Waals surface area (Å²) in [6.45, 7) is 2.02. The van der Waals surface area contributed by atoms with E-state index in [0.29, 0.717) is 33.3 Å². The molecule has 0 aliphatic carbocycles. The van der Waals surface area contributed by atoms with E-state index in [2.05, 4.69) is 10.3 Å². The summed E-state index contributed by atoms with van der Waals surface area (Å²) in [5.41, 5.74) is 2.90. The van der Waals surface area contributed by atoms with E-state index < -0.39 is 6.04 Å². The van der Waals surface area contributed by atoms with Crippen LogP contribution in [0.15, 0.2) is 60.7 Å². The predicted octanol–water partition coefficient (Wildman–Crippen LogP) is 6.09. The van der Waals surface area contributed by atoms with E-state index in [1.165, 1.54) is 24.3 Å². The Labute approximate surface area is 193 Å². The predicted molar refractivity (Wildman–Crippen MR) is 122 cm³/mol. The van der Waals surface area contributed by atoms with Gasteiger partial charge in [-0.05, 0) is 54.4 Å². The molecule has 4 rings (SSSR count). The van der Waals surface area contributed by atoms with E-state index >= 15 is 0 Å². The minimum atomic E-state index is -0.617. The monoisotopic (exact) mass is 473 g/mol. The largest absolute Gasteiger partial charge is 0.350 e. The molecule has 0 aliphatic heterocycles. The molecule has 0 saturated carbocycles. The molecule has 8 heteroatoms. The maximum Gasteiger partial charge on any atom is 0.243 e. The molecular formula is C24H19Cl2F2N3O. The topological polar surface area (TPSA) is 46.9 Å². The summed E-state index contributed by atoms with van der Waals surface area (Å²) >= 11 is 12.4. The third-order valence-electron chi connectivity index (χ3n) is 5.23. The molecule has 1 aromatic heterocycles. The summed E-state index contributed by atoms with van der Waals surface area (Å²) in [7, 11) is 0. The second-order valence-electron chi connectivity index (χ2n) is 7.48. The average Bonchev–Trinajstić information content (AvgIpc) is 3.11. The van der Waals surface area contributed by atoms with Crippen molar-refractivity contribution in [3.8, 4) is 0 Å². The van der Waals surface area contributed by atoms with Gasteiger partial charge in [0, 0.05) is 13.0 Å². The average molecular weight is 474 g/mol. The van der Waals surface area contributed by atoms with Crippen LogP contribution in [-0.4, -0.2) is 15.5 Å². The number of aromatic nitrogens is 2. The van der Waals surface area contributed by atoms with Crippen molar-refractivity contribution >= 4 is 40.1 Å². The Kier molecular flexibility index (Phi) is 6.44. The number of imidazole rings is 1. The van der Waals surface area contributed by atoms with Crippen LogP contribution < -0.4 is 5.32 Å². The summed E-state index contributed by atoms with van der Waals surface area (Å²) in [5.74, 6) is -0.275. The number of hydrogen-bond acceptors (Lipinski definition) is 2. The molecule has 0 aliphatic rings. The van der Waals surface area contributed by atoms with Gasteiger partial charge in [-0.15, -0.1) is 0 Å². The summed E-state index contributed by atoms with van der Waals surface area (Å²) in [6, 6.07) is 14.8. The van der Waals surface area contributed by atoms with Crippen LogP contribution in [0.3, 0.4) is 0 Å². The standard InChI is InChI=1S/C24H19Cl2F2N3O/c1-14(24(32)29-13-16-4-8-18(28)9-5-16)31-22-12-20(26)19(25)11-21(22)30-23(31)10-15-2-6-17(27)7-3-15/h2-9,11-12,14H,10,13H2,1H3,(H,29,32)/t14-/m1/s1. The van der Waals surface area contributed by atoms with E-state index in [0.717, 1.165) is 11.1 Å². The van der Waals surface area contributed by atoms with Crippen LogP contribution in [0.25, 0.3) is 11.0 Å². The number of carbonyl (C=O) groups excluding carboxylic acids is 1. The zero-order chi connectivity index (χ0) is 22.8.